The molecule has 0 amide bonds. The average Bonchev–Trinajstić information content (AvgIpc) is 2.91. The molecule has 2 heterocycles. The van der Waals surface area contributed by atoms with E-state index in [0.717, 1.165) is 16.6 Å². The van der Waals surface area contributed by atoms with Crippen LogP contribution in [0.4, 0.5) is 0 Å². The monoisotopic (exact) mass is 269 g/mol. The van der Waals surface area contributed by atoms with Gasteiger partial charge in [-0.2, -0.15) is 5.10 Å². The lowest BCUT2D eigenvalue weighted by atomic mass is 10.1. The molecule has 20 heavy (non-hydrogen) atoms. The van der Waals surface area contributed by atoms with Gasteiger partial charge in [-0.15, -0.1) is 0 Å². The molecule has 0 bridgehead atoms. The lowest BCUT2D eigenvalue weighted by molar-refractivity contribution is 0.0697. The Morgan fingerprint density at radius 2 is 2.00 bits per heavy atom. The van der Waals surface area contributed by atoms with Gasteiger partial charge < -0.3 is 9.67 Å². The number of rotatable bonds is 2. The highest BCUT2D eigenvalue weighted by Gasteiger charge is 2.20. The molecule has 5 heteroatoms. The number of nitrogens with zero attached hydrogens (tertiary/aromatic N) is 3. The molecule has 0 radical (unpaired) electrons. The summed E-state index contributed by atoms with van der Waals surface area (Å²) in [5.41, 5.74) is 3.94. The van der Waals surface area contributed by atoms with Crippen molar-refractivity contribution < 1.29 is 9.90 Å². The Hall–Kier alpha value is -2.56. The van der Waals surface area contributed by atoms with Crippen molar-refractivity contribution in [3.05, 3.63) is 41.6 Å². The van der Waals surface area contributed by atoms with Crippen LogP contribution in [0.5, 0.6) is 0 Å². The summed E-state index contributed by atoms with van der Waals surface area (Å²) in [5, 5.41) is 14.4. The summed E-state index contributed by atoms with van der Waals surface area (Å²) in [6.07, 6.45) is 1.39. The van der Waals surface area contributed by atoms with Gasteiger partial charge in [0.15, 0.2) is 0 Å². The van der Waals surface area contributed by atoms with E-state index in [0.29, 0.717) is 5.69 Å². The summed E-state index contributed by atoms with van der Waals surface area (Å²) in [6, 6.07) is 8.19. The number of aromatic nitrogens is 3. The standard InChI is InChI=1S/C15H15N3O2/c1-9-4-5-10-7-13(17(2)12(10)6-9)14-11(15(19)20)8-16-18(14)3/h4-8H,1-3H3,(H,19,20). The van der Waals surface area contributed by atoms with Crippen molar-refractivity contribution in [3.8, 4) is 11.4 Å². The zero-order chi connectivity index (χ0) is 14.4. The van der Waals surface area contributed by atoms with Crippen LogP contribution in [0.15, 0.2) is 30.5 Å². The van der Waals surface area contributed by atoms with Crippen molar-refractivity contribution in [1.82, 2.24) is 14.3 Å². The molecular weight excluding hydrogens is 254 g/mol. The minimum atomic E-state index is -0.963. The minimum Gasteiger partial charge on any atom is -0.478 e. The van der Waals surface area contributed by atoms with E-state index in [9.17, 15) is 9.90 Å². The van der Waals surface area contributed by atoms with Crippen LogP contribution in [0.2, 0.25) is 0 Å². The van der Waals surface area contributed by atoms with Crippen LogP contribution in [-0.2, 0) is 14.1 Å². The number of fused-ring (bicyclic) bond motifs is 1. The molecule has 0 atom stereocenters. The van der Waals surface area contributed by atoms with Crippen LogP contribution >= 0.6 is 0 Å². The summed E-state index contributed by atoms with van der Waals surface area (Å²) >= 11 is 0. The topological polar surface area (TPSA) is 60.0 Å². The van der Waals surface area contributed by atoms with E-state index in [1.165, 1.54) is 11.8 Å². The minimum absolute atomic E-state index is 0.218. The average molecular weight is 269 g/mol. The number of hydrogen-bond acceptors (Lipinski definition) is 2. The molecule has 0 aliphatic carbocycles. The smallest absolute Gasteiger partial charge is 0.339 e. The maximum Gasteiger partial charge on any atom is 0.339 e. The molecule has 0 aliphatic heterocycles. The largest absolute Gasteiger partial charge is 0.478 e. The molecule has 0 aliphatic rings. The van der Waals surface area contributed by atoms with Gasteiger partial charge in [0.2, 0.25) is 0 Å². The van der Waals surface area contributed by atoms with Crippen LogP contribution in [0.3, 0.4) is 0 Å². The molecule has 102 valence electrons. The molecule has 0 saturated carbocycles. The Kier molecular flexibility index (Phi) is 2.64. The first-order valence-electron chi connectivity index (χ1n) is 6.31. The van der Waals surface area contributed by atoms with E-state index in [2.05, 4.69) is 11.2 Å². The summed E-state index contributed by atoms with van der Waals surface area (Å²) in [6.45, 7) is 2.04. The van der Waals surface area contributed by atoms with Gasteiger partial charge in [-0.25, -0.2) is 4.79 Å². The van der Waals surface area contributed by atoms with Gasteiger partial charge in [-0.3, -0.25) is 4.68 Å². The summed E-state index contributed by atoms with van der Waals surface area (Å²) < 4.78 is 3.61. The first-order valence-corrected chi connectivity index (χ1v) is 6.31. The Bertz CT molecular complexity index is 827. The van der Waals surface area contributed by atoms with Crippen LogP contribution in [0, 0.1) is 6.92 Å². The lowest BCUT2D eigenvalue weighted by Gasteiger charge is -2.06. The molecular formula is C15H15N3O2. The lowest BCUT2D eigenvalue weighted by Crippen LogP contribution is -2.03. The Morgan fingerprint density at radius 3 is 2.70 bits per heavy atom. The molecule has 3 aromatic rings. The van der Waals surface area contributed by atoms with Gasteiger partial charge in [0.1, 0.15) is 5.56 Å². The first kappa shape index (κ1) is 12.5. The highest BCUT2D eigenvalue weighted by atomic mass is 16.4. The molecule has 0 fully saturated rings. The molecule has 0 unspecified atom stereocenters. The Labute approximate surface area is 116 Å². The molecule has 2 aromatic heterocycles. The summed E-state index contributed by atoms with van der Waals surface area (Å²) in [5.74, 6) is -0.963. The van der Waals surface area contributed by atoms with Gasteiger partial charge in [-0.05, 0) is 24.6 Å². The molecule has 3 rings (SSSR count). The van der Waals surface area contributed by atoms with Crippen molar-refractivity contribution in [2.75, 3.05) is 0 Å². The predicted octanol–water partition coefficient (Wildman–Crippen LogP) is 2.59. The Balaban J connectivity index is 2.33. The van der Waals surface area contributed by atoms with Gasteiger partial charge >= 0.3 is 5.97 Å². The second-order valence-corrected chi connectivity index (χ2v) is 4.99. The number of aryl methyl sites for hydroxylation is 3. The van der Waals surface area contributed by atoms with Crippen LogP contribution < -0.4 is 0 Å². The van der Waals surface area contributed by atoms with Crippen molar-refractivity contribution in [2.45, 2.75) is 6.92 Å². The maximum absolute atomic E-state index is 11.3. The van der Waals surface area contributed by atoms with E-state index < -0.39 is 5.97 Å². The van der Waals surface area contributed by atoms with Gasteiger partial charge in [-0.1, -0.05) is 12.1 Å². The Morgan fingerprint density at radius 1 is 1.25 bits per heavy atom. The first-order chi connectivity index (χ1) is 9.49. The summed E-state index contributed by atoms with van der Waals surface area (Å²) in [7, 11) is 3.69. The predicted molar refractivity (Wildman–Crippen MR) is 76.8 cm³/mol. The van der Waals surface area contributed by atoms with Gasteiger partial charge in [0.25, 0.3) is 0 Å². The third-order valence-electron chi connectivity index (χ3n) is 3.61. The van der Waals surface area contributed by atoms with Crippen molar-refractivity contribution in [3.63, 3.8) is 0 Å². The normalized spacial score (nSPS) is 11.2. The van der Waals surface area contributed by atoms with Crippen molar-refractivity contribution in [1.29, 1.82) is 0 Å². The number of carboxylic acids is 1. The number of carbonyl (C=O) groups is 1. The van der Waals surface area contributed by atoms with E-state index in [1.807, 2.05) is 36.7 Å². The summed E-state index contributed by atoms with van der Waals surface area (Å²) in [4.78, 5) is 11.3. The van der Waals surface area contributed by atoms with E-state index in [4.69, 9.17) is 0 Å². The van der Waals surface area contributed by atoms with Crippen LogP contribution in [0.1, 0.15) is 15.9 Å². The number of benzene rings is 1. The van der Waals surface area contributed by atoms with E-state index in [1.54, 1.807) is 11.7 Å². The highest BCUT2D eigenvalue weighted by molar-refractivity contribution is 5.96. The number of carboxylic acid groups (broad SMARTS) is 1. The highest BCUT2D eigenvalue weighted by Crippen LogP contribution is 2.29. The van der Waals surface area contributed by atoms with E-state index >= 15 is 0 Å². The zero-order valence-electron chi connectivity index (χ0n) is 11.6. The fourth-order valence-electron chi connectivity index (χ4n) is 2.57. The second kappa shape index (κ2) is 4.23. The fraction of sp³-hybridized carbons (Fsp3) is 0.200. The maximum atomic E-state index is 11.3. The van der Waals surface area contributed by atoms with Gasteiger partial charge in [0.05, 0.1) is 17.6 Å². The van der Waals surface area contributed by atoms with E-state index in [-0.39, 0.29) is 5.56 Å². The van der Waals surface area contributed by atoms with Crippen molar-refractivity contribution >= 4 is 16.9 Å². The number of aromatic carboxylic acids is 1. The fourth-order valence-corrected chi connectivity index (χ4v) is 2.57. The quantitative estimate of drug-likeness (QED) is 0.778. The SMILES string of the molecule is Cc1ccc2cc(-c3c(C(=O)O)cnn3C)n(C)c2c1. The van der Waals surface area contributed by atoms with Crippen LogP contribution in [-0.4, -0.2) is 25.4 Å². The molecule has 0 spiro atoms. The third kappa shape index (κ3) is 1.71. The molecule has 1 aromatic carbocycles. The molecule has 0 saturated heterocycles. The van der Waals surface area contributed by atoms with Crippen LogP contribution in [0.25, 0.3) is 22.3 Å². The molecule has 5 nitrogen and oxygen atoms in total. The van der Waals surface area contributed by atoms with Crippen molar-refractivity contribution in [2.24, 2.45) is 14.1 Å². The second-order valence-electron chi connectivity index (χ2n) is 4.99. The molecule has 1 N–H and O–H groups in total. The van der Waals surface area contributed by atoms with Gasteiger partial charge in [0, 0.05) is 25.0 Å². The third-order valence-corrected chi connectivity index (χ3v) is 3.61. The number of hydrogen-bond donors (Lipinski definition) is 1. The zero-order valence-corrected chi connectivity index (χ0v) is 11.6.